The smallest absolute Gasteiger partial charge is 0.414 e. The lowest BCUT2D eigenvalue weighted by atomic mass is 10.2. The van der Waals surface area contributed by atoms with Crippen molar-refractivity contribution in [3.05, 3.63) is 32.6 Å². The molecule has 2 N–H and O–H groups in total. The minimum Gasteiger partial charge on any atom is -0.473 e. The van der Waals surface area contributed by atoms with Gasteiger partial charge in [-0.1, -0.05) is 20.3 Å². The molecule has 1 rings (SSSR count). The Kier molecular flexibility index (Phi) is 10.9. The molecule has 0 unspecified atom stereocenters. The molecule has 0 aliphatic rings. The third-order valence-electron chi connectivity index (χ3n) is 4.04. The van der Waals surface area contributed by atoms with Crippen LogP contribution in [-0.2, 0) is 23.2 Å². The molecule has 0 atom stereocenters. The molecule has 9 nitrogen and oxygen atoms in total. The molecule has 1 heterocycles. The van der Waals surface area contributed by atoms with Gasteiger partial charge in [-0.15, -0.1) is 0 Å². The minimum absolute atomic E-state index is 0.209. The van der Waals surface area contributed by atoms with Gasteiger partial charge in [0.15, 0.2) is 0 Å². The molecule has 0 radical (unpaired) electrons. The molecule has 0 fully saturated rings. The highest BCUT2D eigenvalue weighted by molar-refractivity contribution is 6.27. The van der Waals surface area contributed by atoms with Crippen LogP contribution in [0.4, 0.5) is 0 Å². The fourth-order valence-corrected chi connectivity index (χ4v) is 2.37. The summed E-state index contributed by atoms with van der Waals surface area (Å²) >= 11 is 0. The van der Waals surface area contributed by atoms with Gasteiger partial charge in [-0.2, -0.15) is 0 Å². The minimum atomic E-state index is -1.82. The van der Waals surface area contributed by atoms with Gasteiger partial charge in [0, 0.05) is 25.4 Å². The van der Waals surface area contributed by atoms with E-state index in [1.807, 2.05) is 6.92 Å². The third-order valence-corrected chi connectivity index (χ3v) is 4.04. The van der Waals surface area contributed by atoms with Gasteiger partial charge >= 0.3 is 17.6 Å². The topological polar surface area (TPSA) is 122 Å². The molecule has 0 saturated heterocycles. The van der Waals surface area contributed by atoms with Gasteiger partial charge in [-0.25, -0.2) is 14.4 Å². The normalized spacial score (nSPS) is 10.3. The van der Waals surface area contributed by atoms with E-state index in [0.717, 1.165) is 44.6 Å². The number of nitrogens with zero attached hydrogens (tertiary/aromatic N) is 3. The lowest BCUT2D eigenvalue weighted by Gasteiger charge is -2.17. The SMILES string of the molecule is CCN(CC)CCCCCn1c(C)cc(=O)n(C)c1=O.O=C(O)C(=O)O. The zero-order valence-electron chi connectivity index (χ0n) is 15.9. The zero-order chi connectivity index (χ0) is 20.3. The van der Waals surface area contributed by atoms with Crippen LogP contribution >= 0.6 is 0 Å². The number of aromatic nitrogens is 2. The largest absolute Gasteiger partial charge is 0.473 e. The number of hydrogen-bond donors (Lipinski definition) is 2. The van der Waals surface area contributed by atoms with Crippen LogP contribution in [0.25, 0.3) is 0 Å². The Labute approximate surface area is 152 Å². The molecule has 26 heavy (non-hydrogen) atoms. The summed E-state index contributed by atoms with van der Waals surface area (Å²) in [5.41, 5.74) is 0.311. The Morgan fingerprint density at radius 1 is 1.04 bits per heavy atom. The molecule has 0 amide bonds. The Bertz CT molecular complexity index is 691. The van der Waals surface area contributed by atoms with E-state index in [1.54, 1.807) is 4.57 Å². The van der Waals surface area contributed by atoms with Crippen molar-refractivity contribution in [3.8, 4) is 0 Å². The number of aryl methyl sites for hydroxylation is 1. The molecule has 0 aliphatic heterocycles. The van der Waals surface area contributed by atoms with Gasteiger partial charge < -0.3 is 15.1 Å². The van der Waals surface area contributed by atoms with Gasteiger partial charge in [0.2, 0.25) is 0 Å². The summed E-state index contributed by atoms with van der Waals surface area (Å²) < 4.78 is 2.86. The molecule has 0 bridgehead atoms. The predicted octanol–water partition coefficient (Wildman–Crippen LogP) is 0.523. The highest BCUT2D eigenvalue weighted by Crippen LogP contribution is 2.01. The summed E-state index contributed by atoms with van der Waals surface area (Å²) in [6.45, 7) is 10.2. The van der Waals surface area contributed by atoms with E-state index in [1.165, 1.54) is 17.7 Å². The predicted molar refractivity (Wildman–Crippen MR) is 97.6 cm³/mol. The van der Waals surface area contributed by atoms with Crippen LogP contribution in [0.1, 0.15) is 38.8 Å². The maximum Gasteiger partial charge on any atom is 0.414 e. The van der Waals surface area contributed by atoms with Crippen molar-refractivity contribution in [1.29, 1.82) is 0 Å². The second-order valence-electron chi connectivity index (χ2n) is 5.82. The molecule has 1 aromatic heterocycles. The molecule has 9 heteroatoms. The molecule has 1 aromatic rings. The van der Waals surface area contributed by atoms with E-state index >= 15 is 0 Å². The first kappa shape index (κ1) is 23.6. The molecule has 0 aliphatic carbocycles. The first-order valence-corrected chi connectivity index (χ1v) is 8.61. The van der Waals surface area contributed by atoms with E-state index in [0.29, 0.717) is 6.54 Å². The average molecular weight is 371 g/mol. The van der Waals surface area contributed by atoms with Crippen LogP contribution in [0.2, 0.25) is 0 Å². The van der Waals surface area contributed by atoms with Crippen LogP contribution in [0.5, 0.6) is 0 Å². The molecular weight excluding hydrogens is 342 g/mol. The third kappa shape index (κ3) is 8.11. The van der Waals surface area contributed by atoms with Gasteiger partial charge in [-0.3, -0.25) is 13.9 Å². The number of rotatable bonds is 8. The van der Waals surface area contributed by atoms with E-state index in [9.17, 15) is 9.59 Å². The molecular formula is C17H29N3O6. The Balaban J connectivity index is 0.000000896. The fourth-order valence-electron chi connectivity index (χ4n) is 2.37. The highest BCUT2D eigenvalue weighted by Gasteiger charge is 2.06. The van der Waals surface area contributed by atoms with Gasteiger partial charge in [-0.05, 0) is 39.4 Å². The summed E-state index contributed by atoms with van der Waals surface area (Å²) in [5, 5.41) is 14.8. The summed E-state index contributed by atoms with van der Waals surface area (Å²) in [6, 6.07) is 1.53. The van der Waals surface area contributed by atoms with Crippen LogP contribution in [0.3, 0.4) is 0 Å². The molecule has 148 valence electrons. The van der Waals surface area contributed by atoms with Gasteiger partial charge in [0.25, 0.3) is 5.56 Å². The van der Waals surface area contributed by atoms with Crippen LogP contribution in [0, 0.1) is 6.92 Å². The Hall–Kier alpha value is -2.42. The summed E-state index contributed by atoms with van der Waals surface area (Å²) in [4.78, 5) is 44.1. The lowest BCUT2D eigenvalue weighted by molar-refractivity contribution is -0.159. The molecule has 0 aromatic carbocycles. The number of hydrogen-bond acceptors (Lipinski definition) is 5. The second kappa shape index (κ2) is 12.0. The van der Waals surface area contributed by atoms with Crippen molar-refractivity contribution in [2.75, 3.05) is 19.6 Å². The summed E-state index contributed by atoms with van der Waals surface area (Å²) in [6.07, 6.45) is 3.23. The van der Waals surface area contributed by atoms with E-state index < -0.39 is 11.9 Å². The van der Waals surface area contributed by atoms with Crippen molar-refractivity contribution >= 4 is 11.9 Å². The van der Waals surface area contributed by atoms with Gasteiger partial charge in [0.1, 0.15) is 0 Å². The van der Waals surface area contributed by atoms with Crippen LogP contribution in [0.15, 0.2) is 15.7 Å². The molecule has 0 spiro atoms. The first-order valence-electron chi connectivity index (χ1n) is 8.61. The van der Waals surface area contributed by atoms with E-state index in [-0.39, 0.29) is 11.2 Å². The maximum atomic E-state index is 12.0. The number of carboxylic acids is 2. The van der Waals surface area contributed by atoms with Crippen LogP contribution < -0.4 is 11.2 Å². The summed E-state index contributed by atoms with van der Waals surface area (Å²) in [5.74, 6) is -3.65. The Morgan fingerprint density at radius 2 is 1.58 bits per heavy atom. The fraction of sp³-hybridized carbons (Fsp3) is 0.647. The number of unbranched alkanes of at least 4 members (excludes halogenated alkanes) is 2. The second-order valence-corrected chi connectivity index (χ2v) is 5.82. The highest BCUT2D eigenvalue weighted by atomic mass is 16.4. The first-order chi connectivity index (χ1) is 12.1. The van der Waals surface area contributed by atoms with Crippen molar-refractivity contribution in [1.82, 2.24) is 14.0 Å². The van der Waals surface area contributed by atoms with Crippen molar-refractivity contribution in [2.24, 2.45) is 7.05 Å². The quantitative estimate of drug-likeness (QED) is 0.505. The lowest BCUT2D eigenvalue weighted by Crippen LogP contribution is -2.38. The number of aliphatic carboxylic acids is 2. The van der Waals surface area contributed by atoms with E-state index in [4.69, 9.17) is 19.8 Å². The Morgan fingerprint density at radius 3 is 2.04 bits per heavy atom. The van der Waals surface area contributed by atoms with Crippen molar-refractivity contribution in [2.45, 2.75) is 46.6 Å². The average Bonchev–Trinajstić information content (AvgIpc) is 2.59. The van der Waals surface area contributed by atoms with Gasteiger partial charge in [0.05, 0.1) is 0 Å². The number of carbonyl (C=O) groups is 2. The van der Waals surface area contributed by atoms with Crippen molar-refractivity contribution in [3.63, 3.8) is 0 Å². The molecule has 0 saturated carbocycles. The van der Waals surface area contributed by atoms with Crippen molar-refractivity contribution < 1.29 is 19.8 Å². The number of carboxylic acid groups (broad SMARTS) is 2. The standard InChI is InChI=1S/C15H27N3O2.C2H2O4/c1-5-17(6-2)10-8-7-9-11-18-13(3)12-14(19)16(4)15(18)20;3-1(4)2(5)6/h12H,5-11H2,1-4H3;(H,3,4)(H,5,6). The zero-order valence-corrected chi connectivity index (χ0v) is 15.9. The monoisotopic (exact) mass is 371 g/mol. The van der Waals surface area contributed by atoms with E-state index in [2.05, 4.69) is 18.7 Å². The maximum absolute atomic E-state index is 12.0. The summed E-state index contributed by atoms with van der Waals surface area (Å²) in [7, 11) is 1.53. The van der Waals surface area contributed by atoms with Crippen LogP contribution in [-0.4, -0.2) is 55.8 Å².